The average molecular weight is 416 g/mol. The quantitative estimate of drug-likeness (QED) is 0.609. The number of benzene rings is 1. The van der Waals surface area contributed by atoms with Gasteiger partial charge < -0.3 is 0 Å². The molecule has 0 bridgehead atoms. The summed E-state index contributed by atoms with van der Waals surface area (Å²) in [5, 5.41) is -0.141. The van der Waals surface area contributed by atoms with E-state index in [2.05, 4.69) is 19.9 Å². The van der Waals surface area contributed by atoms with Crippen LogP contribution < -0.4 is 0 Å². The van der Waals surface area contributed by atoms with E-state index < -0.39 is 21.5 Å². The lowest BCUT2D eigenvalue weighted by Gasteiger charge is -2.27. The Balaban J connectivity index is 1.47. The lowest BCUT2D eigenvalue weighted by Crippen LogP contribution is -2.31. The van der Waals surface area contributed by atoms with Gasteiger partial charge in [-0.05, 0) is 23.8 Å². The van der Waals surface area contributed by atoms with Crippen LogP contribution in [0.4, 0.5) is 8.78 Å². The van der Waals surface area contributed by atoms with E-state index in [-0.39, 0.29) is 10.7 Å². The second kappa shape index (κ2) is 7.57. The van der Waals surface area contributed by atoms with Crippen molar-refractivity contribution in [1.82, 2.24) is 19.9 Å². The van der Waals surface area contributed by atoms with E-state index in [1.807, 2.05) is 6.07 Å². The molecule has 9 heteroatoms. The summed E-state index contributed by atoms with van der Waals surface area (Å²) in [5.41, 5.74) is 3.31. The van der Waals surface area contributed by atoms with Gasteiger partial charge in [-0.1, -0.05) is 6.07 Å². The van der Waals surface area contributed by atoms with E-state index in [9.17, 15) is 17.2 Å². The molecule has 150 valence electrons. The van der Waals surface area contributed by atoms with Crippen molar-refractivity contribution < 1.29 is 17.2 Å². The van der Waals surface area contributed by atoms with Crippen LogP contribution >= 0.6 is 0 Å². The van der Waals surface area contributed by atoms with Crippen molar-refractivity contribution >= 4 is 9.84 Å². The number of pyridine rings is 1. The lowest BCUT2D eigenvalue weighted by molar-refractivity contribution is 0.242. The molecular weight excluding hydrogens is 398 g/mol. The first-order valence-corrected chi connectivity index (χ1v) is 10.9. The minimum Gasteiger partial charge on any atom is -0.294 e. The molecule has 1 aliphatic heterocycles. The summed E-state index contributed by atoms with van der Waals surface area (Å²) in [5.74, 6) is -1.27. The maximum absolute atomic E-state index is 13.9. The fourth-order valence-corrected chi connectivity index (χ4v) is 3.82. The van der Waals surface area contributed by atoms with Crippen LogP contribution in [0.1, 0.15) is 16.8 Å². The molecule has 0 fully saturated rings. The van der Waals surface area contributed by atoms with Crippen LogP contribution in [0.15, 0.2) is 47.9 Å². The number of halogens is 2. The van der Waals surface area contributed by atoms with Crippen molar-refractivity contribution in [2.45, 2.75) is 24.7 Å². The predicted octanol–water partition coefficient (Wildman–Crippen LogP) is 2.78. The average Bonchev–Trinajstić information content (AvgIpc) is 2.68. The predicted molar refractivity (Wildman–Crippen MR) is 103 cm³/mol. The minimum absolute atomic E-state index is 0.141. The maximum atomic E-state index is 13.9. The third-order valence-corrected chi connectivity index (χ3v) is 5.62. The second-order valence-electron chi connectivity index (χ2n) is 7.03. The van der Waals surface area contributed by atoms with Gasteiger partial charge in [0.25, 0.3) is 0 Å². The number of hydrogen-bond acceptors (Lipinski definition) is 6. The molecule has 0 radical (unpaired) electrons. The van der Waals surface area contributed by atoms with Gasteiger partial charge in [-0.15, -0.1) is 0 Å². The highest BCUT2D eigenvalue weighted by Gasteiger charge is 2.21. The molecule has 0 aliphatic carbocycles. The molecule has 0 atom stereocenters. The summed E-state index contributed by atoms with van der Waals surface area (Å²) in [6.07, 6.45) is 4.98. The highest BCUT2D eigenvalue weighted by molar-refractivity contribution is 7.90. The van der Waals surface area contributed by atoms with Crippen LogP contribution in [0.3, 0.4) is 0 Å². The van der Waals surface area contributed by atoms with Crippen molar-refractivity contribution in [1.29, 1.82) is 0 Å². The molecule has 3 heterocycles. The molecular formula is C20H18F2N4O2S. The second-order valence-corrected chi connectivity index (χ2v) is 8.94. The number of rotatable bonds is 4. The molecule has 0 N–H and O–H groups in total. The van der Waals surface area contributed by atoms with Gasteiger partial charge in [-0.3, -0.25) is 9.88 Å². The zero-order valence-corrected chi connectivity index (χ0v) is 16.5. The van der Waals surface area contributed by atoms with E-state index in [0.717, 1.165) is 35.7 Å². The van der Waals surface area contributed by atoms with Gasteiger partial charge in [0.1, 0.15) is 11.6 Å². The van der Waals surface area contributed by atoms with Crippen LogP contribution in [0.25, 0.3) is 11.3 Å². The molecule has 0 spiro atoms. The Kier molecular flexibility index (Phi) is 5.10. The molecule has 6 nitrogen and oxygen atoms in total. The molecule has 0 saturated heterocycles. The normalized spacial score (nSPS) is 14.6. The standard InChI is InChI=1S/C20H18F2N4O2S/c1-29(27,28)20-24-10-14-12-26(7-6-18(14)25-20)11-13-2-5-19(23-9-13)16-4-3-15(21)8-17(16)22/h2-5,8-10H,6-7,11-12H2,1H3. The van der Waals surface area contributed by atoms with E-state index in [0.29, 0.717) is 25.2 Å². The van der Waals surface area contributed by atoms with E-state index in [1.54, 1.807) is 18.5 Å². The summed E-state index contributed by atoms with van der Waals surface area (Å²) < 4.78 is 50.2. The van der Waals surface area contributed by atoms with Gasteiger partial charge in [0.15, 0.2) is 0 Å². The summed E-state index contributed by atoms with van der Waals surface area (Å²) in [6.45, 7) is 1.96. The lowest BCUT2D eigenvalue weighted by atomic mass is 10.1. The topological polar surface area (TPSA) is 76.1 Å². The molecule has 0 saturated carbocycles. The Morgan fingerprint density at radius 1 is 1.10 bits per heavy atom. The van der Waals surface area contributed by atoms with E-state index in [4.69, 9.17) is 0 Å². The Morgan fingerprint density at radius 2 is 1.93 bits per heavy atom. The summed E-state index contributed by atoms with van der Waals surface area (Å²) in [4.78, 5) is 14.6. The van der Waals surface area contributed by atoms with Gasteiger partial charge >= 0.3 is 0 Å². The first-order chi connectivity index (χ1) is 13.8. The molecule has 1 aromatic carbocycles. The van der Waals surface area contributed by atoms with Crippen LogP contribution in [0.5, 0.6) is 0 Å². The summed E-state index contributed by atoms with van der Waals surface area (Å²) in [6, 6.07) is 7.00. The third kappa shape index (κ3) is 4.30. The van der Waals surface area contributed by atoms with Crippen molar-refractivity contribution in [2.75, 3.05) is 12.8 Å². The largest absolute Gasteiger partial charge is 0.294 e. The van der Waals surface area contributed by atoms with Crippen LogP contribution in [-0.4, -0.2) is 41.1 Å². The van der Waals surface area contributed by atoms with Gasteiger partial charge in [-0.2, -0.15) is 0 Å². The first kappa shape index (κ1) is 19.5. The van der Waals surface area contributed by atoms with Crippen molar-refractivity contribution in [3.8, 4) is 11.3 Å². The zero-order chi connectivity index (χ0) is 20.6. The molecule has 2 aromatic heterocycles. The summed E-state index contributed by atoms with van der Waals surface area (Å²) in [7, 11) is -3.42. The SMILES string of the molecule is CS(=O)(=O)c1ncc2c(n1)CCN(Cc1ccc(-c3ccc(F)cc3F)nc1)C2. The number of nitrogens with zero attached hydrogens (tertiary/aromatic N) is 4. The Bertz CT molecular complexity index is 1170. The Hall–Kier alpha value is -2.78. The van der Waals surface area contributed by atoms with E-state index >= 15 is 0 Å². The van der Waals surface area contributed by atoms with Crippen LogP contribution in [0, 0.1) is 11.6 Å². The number of aromatic nitrogens is 3. The molecule has 1 aliphatic rings. The van der Waals surface area contributed by atoms with Crippen LogP contribution in [0.2, 0.25) is 0 Å². The number of fused-ring (bicyclic) bond motifs is 1. The molecule has 3 aromatic rings. The monoisotopic (exact) mass is 416 g/mol. The van der Waals surface area contributed by atoms with Gasteiger partial charge in [-0.25, -0.2) is 27.2 Å². The van der Waals surface area contributed by atoms with Crippen LogP contribution in [-0.2, 0) is 29.3 Å². The van der Waals surface area contributed by atoms with Gasteiger partial charge in [0.05, 0.1) is 11.4 Å². The van der Waals surface area contributed by atoms with Crippen molar-refractivity contribution in [2.24, 2.45) is 0 Å². The Labute approximate surface area is 167 Å². The fourth-order valence-electron chi connectivity index (χ4n) is 3.30. The number of hydrogen-bond donors (Lipinski definition) is 0. The third-order valence-electron chi connectivity index (χ3n) is 4.76. The molecule has 4 rings (SSSR count). The molecule has 0 amide bonds. The Morgan fingerprint density at radius 3 is 2.62 bits per heavy atom. The van der Waals surface area contributed by atoms with E-state index in [1.165, 1.54) is 12.1 Å². The summed E-state index contributed by atoms with van der Waals surface area (Å²) >= 11 is 0. The van der Waals surface area contributed by atoms with Gasteiger partial charge in [0.2, 0.25) is 15.0 Å². The zero-order valence-electron chi connectivity index (χ0n) is 15.6. The number of sulfone groups is 1. The highest BCUT2D eigenvalue weighted by atomic mass is 32.2. The first-order valence-electron chi connectivity index (χ1n) is 8.97. The smallest absolute Gasteiger partial charge is 0.246 e. The molecule has 29 heavy (non-hydrogen) atoms. The minimum atomic E-state index is -3.42. The molecule has 0 unspecified atom stereocenters. The highest BCUT2D eigenvalue weighted by Crippen LogP contribution is 2.23. The van der Waals surface area contributed by atoms with Crippen molar-refractivity contribution in [3.63, 3.8) is 0 Å². The maximum Gasteiger partial charge on any atom is 0.246 e. The van der Waals surface area contributed by atoms with Crippen molar-refractivity contribution in [3.05, 3.63) is 71.2 Å². The van der Waals surface area contributed by atoms with Gasteiger partial charge in [0, 0.05) is 61.9 Å². The fraction of sp³-hybridized carbons (Fsp3) is 0.250.